The number of hydrogen-bond donors (Lipinski definition) is 1. The highest BCUT2D eigenvalue weighted by molar-refractivity contribution is 6.31. The van der Waals surface area contributed by atoms with E-state index in [1.807, 2.05) is 0 Å². The van der Waals surface area contributed by atoms with E-state index < -0.39 is 0 Å². The van der Waals surface area contributed by atoms with Crippen molar-refractivity contribution in [1.82, 2.24) is 15.2 Å². The van der Waals surface area contributed by atoms with Crippen LogP contribution in [0.2, 0.25) is 5.02 Å². The lowest BCUT2D eigenvalue weighted by Crippen LogP contribution is -2.57. The molecule has 0 radical (unpaired) electrons. The molecule has 0 aromatic carbocycles. The van der Waals surface area contributed by atoms with Crippen LogP contribution in [0.4, 0.5) is 5.82 Å². The number of nitrogens with one attached hydrogen (secondary N) is 1. The lowest BCUT2D eigenvalue weighted by molar-refractivity contribution is 0.138. The predicted octanol–water partition coefficient (Wildman–Crippen LogP) is 2.52. The molecule has 3 rings (SSSR count). The first-order valence-corrected chi connectivity index (χ1v) is 8.17. The molecule has 2 aliphatic rings. The second kappa shape index (κ2) is 5.75. The van der Waals surface area contributed by atoms with Gasteiger partial charge in [0.1, 0.15) is 5.82 Å². The summed E-state index contributed by atoms with van der Waals surface area (Å²) < 4.78 is 0. The maximum Gasteiger partial charge on any atom is 0.129 e. The molecule has 1 aliphatic heterocycles. The number of nitrogens with zero attached hydrogens (tertiary/aromatic N) is 3. The number of anilines is 1. The van der Waals surface area contributed by atoms with E-state index in [0.29, 0.717) is 6.04 Å². The van der Waals surface area contributed by atoms with Crippen LogP contribution >= 0.6 is 11.6 Å². The van der Waals surface area contributed by atoms with Gasteiger partial charge < -0.3 is 10.2 Å². The predicted molar refractivity (Wildman–Crippen MR) is 88.0 cm³/mol. The van der Waals surface area contributed by atoms with Crippen LogP contribution in [0, 0.1) is 0 Å². The molecule has 0 atom stereocenters. The van der Waals surface area contributed by atoms with Crippen LogP contribution in [0.3, 0.4) is 0 Å². The van der Waals surface area contributed by atoms with Crippen molar-refractivity contribution in [2.45, 2.75) is 44.8 Å². The lowest BCUT2D eigenvalue weighted by Gasteiger charge is -2.45. The normalized spacial score (nSPS) is 22.6. The van der Waals surface area contributed by atoms with E-state index in [9.17, 15) is 0 Å². The Morgan fingerprint density at radius 2 is 2.14 bits per heavy atom. The second-order valence-electron chi connectivity index (χ2n) is 6.94. The van der Waals surface area contributed by atoms with Gasteiger partial charge in [-0.2, -0.15) is 0 Å². The number of likely N-dealkylation sites (N-methyl/N-ethyl adjacent to an activating group) is 1. The minimum Gasteiger partial charge on any atom is -0.353 e. The van der Waals surface area contributed by atoms with Crippen molar-refractivity contribution in [2.24, 2.45) is 0 Å². The smallest absolute Gasteiger partial charge is 0.129 e. The summed E-state index contributed by atoms with van der Waals surface area (Å²) in [6, 6.07) is 2.85. The van der Waals surface area contributed by atoms with Crippen molar-refractivity contribution in [2.75, 3.05) is 31.6 Å². The van der Waals surface area contributed by atoms with Gasteiger partial charge in [0, 0.05) is 44.0 Å². The van der Waals surface area contributed by atoms with Crippen LogP contribution in [-0.2, 0) is 6.54 Å². The van der Waals surface area contributed by atoms with Gasteiger partial charge in [0.2, 0.25) is 0 Å². The average Bonchev–Trinajstić information content (AvgIpc) is 3.25. The fourth-order valence-electron chi connectivity index (χ4n) is 2.75. The number of pyridine rings is 1. The minimum atomic E-state index is 0.173. The molecule has 2 heterocycles. The van der Waals surface area contributed by atoms with Gasteiger partial charge in [0.25, 0.3) is 0 Å². The number of aromatic nitrogens is 1. The number of piperazine rings is 1. The maximum atomic E-state index is 6.29. The fraction of sp³-hybridized carbons (Fsp3) is 0.688. The first-order valence-electron chi connectivity index (χ1n) is 7.80. The van der Waals surface area contributed by atoms with Crippen molar-refractivity contribution in [1.29, 1.82) is 0 Å². The van der Waals surface area contributed by atoms with Gasteiger partial charge in [-0.1, -0.05) is 11.6 Å². The molecule has 1 N–H and O–H groups in total. The summed E-state index contributed by atoms with van der Waals surface area (Å²) in [6.07, 6.45) is 4.39. The summed E-state index contributed by atoms with van der Waals surface area (Å²) in [5, 5.41) is 4.29. The molecule has 0 amide bonds. The Bertz CT molecular complexity index is 513. The second-order valence-corrected chi connectivity index (χ2v) is 7.35. The third kappa shape index (κ3) is 3.50. The Labute approximate surface area is 132 Å². The summed E-state index contributed by atoms with van der Waals surface area (Å²) in [7, 11) is 2.19. The molecule has 1 saturated heterocycles. The van der Waals surface area contributed by atoms with Crippen LogP contribution in [0.1, 0.15) is 32.3 Å². The van der Waals surface area contributed by atoms with Gasteiger partial charge in [-0.3, -0.25) is 4.90 Å². The van der Waals surface area contributed by atoms with Crippen molar-refractivity contribution in [3.05, 3.63) is 22.8 Å². The molecule has 1 aliphatic carbocycles. The highest BCUT2D eigenvalue weighted by Crippen LogP contribution is 2.27. The number of halogens is 1. The third-order valence-corrected chi connectivity index (χ3v) is 5.06. The molecule has 4 nitrogen and oxygen atoms in total. The quantitative estimate of drug-likeness (QED) is 0.926. The Morgan fingerprint density at radius 1 is 1.38 bits per heavy atom. The SMILES string of the molecule is CN1CCN(c2cc(CNC3CC3)c(Cl)cn2)CC1(C)C. The minimum absolute atomic E-state index is 0.173. The monoisotopic (exact) mass is 308 g/mol. The molecular formula is C16H25ClN4. The molecular weight excluding hydrogens is 284 g/mol. The van der Waals surface area contributed by atoms with E-state index in [1.165, 1.54) is 12.8 Å². The molecule has 5 heteroatoms. The molecule has 1 aromatic heterocycles. The largest absolute Gasteiger partial charge is 0.353 e. The van der Waals surface area contributed by atoms with Crippen molar-refractivity contribution in [3.8, 4) is 0 Å². The summed E-state index contributed by atoms with van der Waals surface area (Å²) in [4.78, 5) is 9.33. The van der Waals surface area contributed by atoms with Gasteiger partial charge in [-0.15, -0.1) is 0 Å². The molecule has 0 bridgehead atoms. The van der Waals surface area contributed by atoms with Crippen LogP contribution in [-0.4, -0.2) is 48.1 Å². The lowest BCUT2D eigenvalue weighted by atomic mass is 10.00. The van der Waals surface area contributed by atoms with E-state index in [2.05, 4.69) is 47.1 Å². The highest BCUT2D eigenvalue weighted by atomic mass is 35.5. The summed E-state index contributed by atoms with van der Waals surface area (Å²) in [5.74, 6) is 1.05. The Balaban J connectivity index is 1.73. The zero-order valence-corrected chi connectivity index (χ0v) is 14.0. The van der Waals surface area contributed by atoms with E-state index >= 15 is 0 Å². The molecule has 1 saturated carbocycles. The van der Waals surface area contributed by atoms with E-state index in [4.69, 9.17) is 11.6 Å². The van der Waals surface area contributed by atoms with Crippen LogP contribution in [0.15, 0.2) is 12.3 Å². The van der Waals surface area contributed by atoms with Gasteiger partial charge in [-0.25, -0.2) is 4.98 Å². The third-order valence-electron chi connectivity index (χ3n) is 4.72. The van der Waals surface area contributed by atoms with Gasteiger partial charge >= 0.3 is 0 Å². The Kier molecular flexibility index (Phi) is 4.12. The zero-order chi connectivity index (χ0) is 15.0. The van der Waals surface area contributed by atoms with Crippen molar-refractivity contribution in [3.63, 3.8) is 0 Å². The standard InChI is InChI=1S/C16H25ClN4/c1-16(2)11-21(7-6-20(16)3)15-8-12(14(17)10-19-15)9-18-13-4-5-13/h8,10,13,18H,4-7,9,11H2,1-3H3. The first kappa shape index (κ1) is 15.1. The molecule has 0 spiro atoms. The maximum absolute atomic E-state index is 6.29. The van der Waals surface area contributed by atoms with Crippen LogP contribution in [0.5, 0.6) is 0 Å². The van der Waals surface area contributed by atoms with Crippen molar-refractivity contribution >= 4 is 17.4 Å². The summed E-state index contributed by atoms with van der Waals surface area (Å²) >= 11 is 6.29. The summed E-state index contributed by atoms with van der Waals surface area (Å²) in [6.45, 7) is 8.48. The molecule has 116 valence electrons. The number of hydrogen-bond acceptors (Lipinski definition) is 4. The van der Waals surface area contributed by atoms with E-state index in [1.54, 1.807) is 6.20 Å². The average molecular weight is 309 g/mol. The van der Waals surface area contributed by atoms with Crippen LogP contribution in [0.25, 0.3) is 0 Å². The Hall–Kier alpha value is -0.840. The molecule has 1 aromatic rings. The van der Waals surface area contributed by atoms with Gasteiger partial charge in [0.05, 0.1) is 5.02 Å². The first-order chi connectivity index (χ1) is 9.95. The fourth-order valence-corrected chi connectivity index (χ4v) is 2.92. The topological polar surface area (TPSA) is 31.4 Å². The van der Waals surface area contributed by atoms with E-state index in [-0.39, 0.29) is 5.54 Å². The molecule has 0 unspecified atom stereocenters. The highest BCUT2D eigenvalue weighted by Gasteiger charge is 2.31. The van der Waals surface area contributed by atoms with Gasteiger partial charge in [0.15, 0.2) is 0 Å². The Morgan fingerprint density at radius 3 is 2.81 bits per heavy atom. The molecule has 21 heavy (non-hydrogen) atoms. The molecule has 2 fully saturated rings. The summed E-state index contributed by atoms with van der Waals surface area (Å²) in [5.41, 5.74) is 1.33. The van der Waals surface area contributed by atoms with Gasteiger partial charge in [-0.05, 0) is 45.4 Å². The zero-order valence-electron chi connectivity index (χ0n) is 13.2. The van der Waals surface area contributed by atoms with Crippen molar-refractivity contribution < 1.29 is 0 Å². The van der Waals surface area contributed by atoms with E-state index in [0.717, 1.165) is 42.6 Å². The van der Waals surface area contributed by atoms with Crippen LogP contribution < -0.4 is 10.2 Å². The number of rotatable bonds is 4.